The third kappa shape index (κ3) is 5.15. The molecule has 4 aliphatic heterocycles. The normalized spacial score (nSPS) is 23.4. The minimum absolute atomic E-state index is 0.0541. The van der Waals surface area contributed by atoms with Crippen LogP contribution in [0.4, 0.5) is 23.4 Å². The lowest BCUT2D eigenvalue weighted by Crippen LogP contribution is -2.61. The van der Waals surface area contributed by atoms with Crippen LogP contribution in [0, 0.1) is 5.82 Å². The standard InChI is InChI=1S/C32H34F4N6O3/c1-3-22-24(33)9-6-17-11-21(43)12-25(27(17)22)42-26(32(34,35)36)13-23-28(30(42)44)38-31(45-16-20-5-4-10-40(20)2)39-29(23)41-15-18-7-8-19(41)14-37-18/h6,9,11-13,18-20,37,43H,3-5,7-8,10,14-16H2,1-2H3/t18?,19?,20-/m0/s1/i2D3. The molecule has 2 unspecified atom stereocenters. The van der Waals surface area contributed by atoms with E-state index in [1.807, 2.05) is 4.90 Å². The molecule has 2 aromatic heterocycles. The molecule has 8 rings (SSSR count). The fourth-order valence-corrected chi connectivity index (χ4v) is 7.03. The van der Waals surface area contributed by atoms with Gasteiger partial charge in [0.15, 0.2) is 0 Å². The Morgan fingerprint density at radius 3 is 2.71 bits per heavy atom. The number of alkyl halides is 3. The molecule has 0 amide bonds. The van der Waals surface area contributed by atoms with Crippen LogP contribution in [0.25, 0.3) is 27.4 Å². The maximum absolute atomic E-state index is 15.0. The third-order valence-electron chi connectivity index (χ3n) is 9.25. The highest BCUT2D eigenvalue weighted by molar-refractivity contribution is 5.96. The molecular formula is C32H34F4N6O3. The maximum atomic E-state index is 15.0. The van der Waals surface area contributed by atoms with Crippen molar-refractivity contribution in [3.8, 4) is 17.4 Å². The number of halogens is 4. The van der Waals surface area contributed by atoms with Crippen LogP contribution >= 0.6 is 0 Å². The van der Waals surface area contributed by atoms with Gasteiger partial charge in [-0.2, -0.15) is 23.1 Å². The monoisotopic (exact) mass is 629 g/mol. The Labute approximate surface area is 260 Å². The number of pyridine rings is 1. The summed E-state index contributed by atoms with van der Waals surface area (Å²) in [7, 11) is 0. The molecule has 0 saturated carbocycles. The Hall–Kier alpha value is -3.97. The molecule has 4 fully saturated rings. The van der Waals surface area contributed by atoms with Gasteiger partial charge in [-0.25, -0.2) is 4.39 Å². The maximum Gasteiger partial charge on any atom is 0.431 e. The largest absolute Gasteiger partial charge is 0.508 e. The van der Waals surface area contributed by atoms with Crippen molar-refractivity contribution < 1.29 is 31.5 Å². The van der Waals surface area contributed by atoms with E-state index in [1.165, 1.54) is 23.1 Å². The molecule has 4 aliphatic rings. The van der Waals surface area contributed by atoms with Gasteiger partial charge in [-0.3, -0.25) is 9.36 Å². The number of piperazine rings is 1. The number of likely N-dealkylation sites (N-methyl/N-ethyl adjacent to an activating group) is 1. The number of piperidine rings is 2. The first kappa shape index (κ1) is 26.3. The van der Waals surface area contributed by atoms with Crippen molar-refractivity contribution in [3.05, 3.63) is 57.8 Å². The van der Waals surface area contributed by atoms with Crippen molar-refractivity contribution in [2.45, 2.75) is 63.3 Å². The number of hydrogen-bond donors (Lipinski definition) is 2. The van der Waals surface area contributed by atoms with Crippen LogP contribution in [0.5, 0.6) is 11.8 Å². The summed E-state index contributed by atoms with van der Waals surface area (Å²) in [6, 6.07) is 4.86. The summed E-state index contributed by atoms with van der Waals surface area (Å²) < 4.78 is 90.0. The molecule has 4 aromatic rings. The van der Waals surface area contributed by atoms with Gasteiger partial charge in [-0.05, 0) is 74.8 Å². The second-order valence-electron chi connectivity index (χ2n) is 12.0. The molecule has 3 atom stereocenters. The van der Waals surface area contributed by atoms with Crippen LogP contribution in [0.3, 0.4) is 0 Å². The van der Waals surface area contributed by atoms with Gasteiger partial charge >= 0.3 is 12.2 Å². The average molecular weight is 630 g/mol. The number of phenols is 1. The van der Waals surface area contributed by atoms with Gasteiger partial charge < -0.3 is 25.0 Å². The topological polar surface area (TPSA) is 95.8 Å². The molecule has 4 saturated heterocycles. The number of benzene rings is 2. The van der Waals surface area contributed by atoms with Crippen LogP contribution < -0.4 is 20.5 Å². The second-order valence-corrected chi connectivity index (χ2v) is 12.0. The van der Waals surface area contributed by atoms with Crippen LogP contribution in [0.15, 0.2) is 35.1 Å². The zero-order valence-corrected chi connectivity index (χ0v) is 24.5. The lowest BCUT2D eigenvalue weighted by Gasteiger charge is -2.46. The van der Waals surface area contributed by atoms with E-state index in [-0.39, 0.29) is 69.9 Å². The first-order chi connectivity index (χ1) is 22.7. The van der Waals surface area contributed by atoms with Gasteiger partial charge in [0.05, 0.1) is 11.1 Å². The molecule has 45 heavy (non-hydrogen) atoms. The second kappa shape index (κ2) is 11.1. The van der Waals surface area contributed by atoms with E-state index in [1.54, 1.807) is 6.92 Å². The highest BCUT2D eigenvalue weighted by atomic mass is 19.4. The number of anilines is 1. The molecule has 2 bridgehead atoms. The number of phenolic OH excluding ortho intramolecular Hbond substituents is 1. The Balaban J connectivity index is 1.47. The minimum Gasteiger partial charge on any atom is -0.508 e. The number of likely N-dealkylation sites (tertiary alicyclic amines) is 1. The van der Waals surface area contributed by atoms with Gasteiger partial charge in [-0.15, -0.1) is 0 Å². The summed E-state index contributed by atoms with van der Waals surface area (Å²) in [5, 5.41) is 14.2. The number of aromatic nitrogens is 3. The number of nitrogens with zero attached hydrogens (tertiary/aromatic N) is 5. The lowest BCUT2D eigenvalue weighted by molar-refractivity contribution is -0.142. The average Bonchev–Trinajstić information content (AvgIpc) is 3.53. The Kier molecular flexibility index (Phi) is 6.49. The van der Waals surface area contributed by atoms with Crippen LogP contribution in [-0.2, 0) is 12.6 Å². The molecule has 13 heteroatoms. The fraction of sp³-hybridized carbons (Fsp3) is 0.469. The quantitative estimate of drug-likeness (QED) is 0.295. The Morgan fingerprint density at radius 2 is 2.02 bits per heavy atom. The van der Waals surface area contributed by atoms with Crippen LogP contribution in [0.1, 0.15) is 48.0 Å². The SMILES string of the molecule is [2H]C([2H])([2H])N1CCC[C@H]1COc1nc(N2CC3CCC2CN3)c2cc(C(F)(F)F)n(-c3cc(O)cc4ccc(F)c(CC)c34)c(=O)c2n1. The molecule has 0 radical (unpaired) electrons. The van der Waals surface area contributed by atoms with Crippen LogP contribution in [0.2, 0.25) is 0 Å². The molecule has 0 spiro atoms. The van der Waals surface area contributed by atoms with Crippen molar-refractivity contribution in [2.75, 3.05) is 38.1 Å². The number of ether oxygens (including phenoxy) is 1. The number of fused-ring (bicyclic) bond motifs is 5. The summed E-state index contributed by atoms with van der Waals surface area (Å²) in [5.41, 5.74) is -3.11. The lowest BCUT2D eigenvalue weighted by atomic mass is 9.93. The van der Waals surface area contributed by atoms with Gasteiger partial charge in [0.25, 0.3) is 5.56 Å². The molecule has 238 valence electrons. The summed E-state index contributed by atoms with van der Waals surface area (Å²) >= 11 is 0. The highest BCUT2D eigenvalue weighted by Crippen LogP contribution is 2.39. The van der Waals surface area contributed by atoms with Crippen molar-refractivity contribution in [3.63, 3.8) is 0 Å². The van der Waals surface area contributed by atoms with E-state index in [0.717, 1.165) is 25.0 Å². The van der Waals surface area contributed by atoms with Gasteiger partial charge in [0, 0.05) is 46.8 Å². The van der Waals surface area contributed by atoms with E-state index in [9.17, 15) is 23.1 Å². The van der Waals surface area contributed by atoms with Crippen molar-refractivity contribution in [2.24, 2.45) is 0 Å². The van der Waals surface area contributed by atoms with Crippen molar-refractivity contribution in [1.82, 2.24) is 24.8 Å². The van der Waals surface area contributed by atoms with E-state index in [4.69, 9.17) is 8.85 Å². The van der Waals surface area contributed by atoms with Crippen molar-refractivity contribution in [1.29, 1.82) is 0 Å². The molecule has 2 aromatic carbocycles. The number of rotatable bonds is 6. The summed E-state index contributed by atoms with van der Waals surface area (Å²) in [6.45, 7) is 0.550. The van der Waals surface area contributed by atoms with E-state index in [0.29, 0.717) is 37.0 Å². The van der Waals surface area contributed by atoms with Gasteiger partial charge in [-0.1, -0.05) is 13.0 Å². The van der Waals surface area contributed by atoms with E-state index in [2.05, 4.69) is 15.3 Å². The zero-order valence-electron chi connectivity index (χ0n) is 27.5. The molecule has 0 aliphatic carbocycles. The number of aryl methyl sites for hydroxylation is 1. The smallest absolute Gasteiger partial charge is 0.431 e. The Morgan fingerprint density at radius 1 is 1.18 bits per heavy atom. The minimum atomic E-state index is -5.05. The summed E-state index contributed by atoms with van der Waals surface area (Å²) in [4.78, 5) is 26.6. The molecular weight excluding hydrogens is 592 g/mol. The summed E-state index contributed by atoms with van der Waals surface area (Å²) in [6.07, 6.45) is -2.12. The van der Waals surface area contributed by atoms with Crippen LogP contribution in [-0.4, -0.2) is 75.9 Å². The number of nitrogens with one attached hydrogen (secondary N) is 1. The highest BCUT2D eigenvalue weighted by Gasteiger charge is 2.40. The predicted molar refractivity (Wildman–Crippen MR) is 162 cm³/mol. The predicted octanol–water partition coefficient (Wildman–Crippen LogP) is 4.77. The third-order valence-corrected chi connectivity index (χ3v) is 9.25. The Bertz CT molecular complexity index is 1960. The number of aromatic hydroxyl groups is 1. The van der Waals surface area contributed by atoms with Crippen molar-refractivity contribution >= 4 is 27.5 Å². The summed E-state index contributed by atoms with van der Waals surface area (Å²) in [5.74, 6) is -0.960. The van der Waals surface area contributed by atoms with Gasteiger partial charge in [0.1, 0.15) is 35.2 Å². The first-order valence-electron chi connectivity index (χ1n) is 16.6. The number of hydrogen-bond acceptors (Lipinski definition) is 8. The zero-order chi connectivity index (χ0) is 34.1. The molecule has 2 N–H and O–H groups in total. The fourth-order valence-electron chi connectivity index (χ4n) is 7.03. The molecule has 9 nitrogen and oxygen atoms in total. The van der Waals surface area contributed by atoms with Gasteiger partial charge in [0.2, 0.25) is 0 Å². The molecule has 6 heterocycles. The van der Waals surface area contributed by atoms with E-state index >= 15 is 4.39 Å². The van der Waals surface area contributed by atoms with E-state index < -0.39 is 42.0 Å². The first-order valence-corrected chi connectivity index (χ1v) is 15.1.